The summed E-state index contributed by atoms with van der Waals surface area (Å²) in [5.41, 5.74) is -0.810. The van der Waals surface area contributed by atoms with Gasteiger partial charge in [0, 0.05) is 79.3 Å². The van der Waals surface area contributed by atoms with Gasteiger partial charge < -0.3 is 71.1 Å². The first-order valence-electron chi connectivity index (χ1n) is 26.0. The monoisotopic (exact) mass is 1140 g/mol. The quantitative estimate of drug-likeness (QED) is 0.178. The van der Waals surface area contributed by atoms with Gasteiger partial charge in [0.15, 0.2) is 5.54 Å². The van der Waals surface area contributed by atoms with Crippen LogP contribution in [0, 0.1) is 55.9 Å². The van der Waals surface area contributed by atoms with Crippen LogP contribution < -0.4 is 15.4 Å². The number of aliphatic hydroxyl groups is 1. The Hall–Kier alpha value is -2.71. The molecule has 2 amide bonds. The molecule has 0 bridgehead atoms. The largest absolute Gasteiger partial charge is 0.490 e. The standard InChI is InChI=1S/C12H14N2O2.C7H8.C6H10N2O2.2C5H10.2C4H4.2C3H8.6C2H6.2Y/c1-10(15)14-12(2,8-13)9-16-11-6-4-3-5-7-11;1-7-5-3-2-4-6-7;1-5(10)8-6(2,3-7)4-9;2*1-2-4-5-3-1;2*1-3-4-2;2*1-3-2;6*1-2;;/h3-7H,9H2,1-2H3,(H,14,15);2-6H,1H3;9H,4H2,1-2H3,(H,8,10);2*1-5H2;2*1-4H;2*3H2,1-2H3;6*1-2H3;;/q;;;;;2*-2;;;;;;;;;;. The van der Waals surface area contributed by atoms with Gasteiger partial charge in [0.1, 0.15) is 17.9 Å². The van der Waals surface area contributed by atoms with Gasteiger partial charge in [-0.15, -0.1) is 0 Å². The van der Waals surface area contributed by atoms with Gasteiger partial charge in [-0.3, -0.25) is 9.59 Å². The molecule has 10 heteroatoms. The summed E-state index contributed by atoms with van der Waals surface area (Å²) in [4.78, 5) is 21.3. The zero-order valence-corrected chi connectivity index (χ0v) is 55.7. The van der Waals surface area contributed by atoms with Crippen LogP contribution >= 0.6 is 0 Å². The van der Waals surface area contributed by atoms with Crippen LogP contribution in [0.25, 0.3) is 0 Å². The molecule has 2 atom stereocenters. The van der Waals surface area contributed by atoms with Crippen molar-refractivity contribution < 1.29 is 84.9 Å². The maximum absolute atomic E-state index is 10.9. The number of carbonyl (C=O) groups is 2. The second kappa shape index (κ2) is 100. The van der Waals surface area contributed by atoms with Gasteiger partial charge >= 0.3 is 0 Å². The molecular weight excluding hydrogens is 1030 g/mol. The van der Waals surface area contributed by atoms with Crippen molar-refractivity contribution in [3.8, 4) is 17.9 Å². The van der Waals surface area contributed by atoms with Gasteiger partial charge in [-0.25, -0.2) is 0 Å². The molecule has 3 N–H and O–H groups in total. The number of nitrogens with zero attached hydrogens (tertiary/aromatic N) is 2. The SMILES string of the molecule is C1CCCC1.C1CCCC1.CC.CC.CC.CC.CC.CC.CC(=O)NC(C)(C#N)CO.CC(=O)NC(C)(C#N)COc1ccccc1.CCC.CCC.Cc1ccccc1.[CH-]=CC=[CH-].[CH-]=CC=[CH-].[Y].[Y]. The minimum absolute atomic E-state index is 0. The number of amides is 2. The Balaban J connectivity index is -0.0000000493. The van der Waals surface area contributed by atoms with Crippen molar-refractivity contribution in [3.63, 3.8) is 0 Å². The molecule has 71 heavy (non-hydrogen) atoms. The molecule has 2 aliphatic carbocycles. The molecule has 2 saturated carbocycles. The zero-order valence-electron chi connectivity index (χ0n) is 50.0. The van der Waals surface area contributed by atoms with Crippen LogP contribution in [0.3, 0.4) is 0 Å². The number of hydrogen-bond donors (Lipinski definition) is 3. The molecule has 0 saturated heterocycles. The summed E-state index contributed by atoms with van der Waals surface area (Å²) in [5, 5.41) is 30.8. The first kappa shape index (κ1) is 101. The van der Waals surface area contributed by atoms with Crippen molar-refractivity contribution in [1.29, 1.82) is 10.5 Å². The molecule has 410 valence electrons. The number of allylic oxidation sites excluding steroid dienone is 4. The zero-order chi connectivity index (χ0) is 56.6. The van der Waals surface area contributed by atoms with Crippen LogP contribution in [0.5, 0.6) is 5.75 Å². The third-order valence-electron chi connectivity index (χ3n) is 6.65. The molecule has 4 rings (SSSR count). The van der Waals surface area contributed by atoms with Gasteiger partial charge in [-0.2, -0.15) is 10.5 Å². The first-order chi connectivity index (χ1) is 33.1. The van der Waals surface area contributed by atoms with Crippen molar-refractivity contribution in [1.82, 2.24) is 10.6 Å². The van der Waals surface area contributed by atoms with Crippen molar-refractivity contribution in [3.05, 3.63) is 117 Å². The number of hydrogen-bond acceptors (Lipinski definition) is 6. The summed E-state index contributed by atoms with van der Waals surface area (Å²) in [6, 6.07) is 23.2. The molecule has 2 radical (unpaired) electrons. The fourth-order valence-corrected chi connectivity index (χ4v) is 4.02. The van der Waals surface area contributed by atoms with Crippen LogP contribution in [0.1, 0.15) is 221 Å². The summed E-state index contributed by atoms with van der Waals surface area (Å²) in [7, 11) is 0. The molecule has 2 aliphatic rings. The number of nitrogens with one attached hydrogen (secondary N) is 2. The van der Waals surface area contributed by atoms with Crippen molar-refractivity contribution in [2.24, 2.45) is 0 Å². The van der Waals surface area contributed by atoms with E-state index in [9.17, 15) is 9.59 Å². The fourth-order valence-electron chi connectivity index (χ4n) is 4.02. The van der Waals surface area contributed by atoms with Crippen LogP contribution in [-0.2, 0) is 75.0 Å². The topological polar surface area (TPSA) is 135 Å². The molecule has 0 aromatic heterocycles. The van der Waals surface area contributed by atoms with Crippen molar-refractivity contribution in [2.75, 3.05) is 13.2 Å². The Morgan fingerprint density at radius 1 is 0.549 bits per heavy atom. The van der Waals surface area contributed by atoms with Gasteiger partial charge in [-0.05, 0) is 32.9 Å². The minimum atomic E-state index is -1.13. The molecular formula is C61H112N4O4Y2-4. The Morgan fingerprint density at radius 3 is 0.930 bits per heavy atom. The predicted molar refractivity (Wildman–Crippen MR) is 308 cm³/mol. The average Bonchev–Trinajstić information content (AvgIpc) is 4.20. The van der Waals surface area contributed by atoms with E-state index >= 15 is 0 Å². The number of para-hydroxylation sites is 1. The number of aliphatic hydroxyl groups excluding tert-OH is 1. The summed E-state index contributed by atoms with van der Waals surface area (Å²) in [6.07, 6.45) is 22.6. The number of nitriles is 2. The van der Waals surface area contributed by atoms with Crippen LogP contribution in [0.2, 0.25) is 0 Å². The van der Waals surface area contributed by atoms with Crippen molar-refractivity contribution in [2.45, 2.75) is 234 Å². The molecule has 2 fully saturated rings. The normalized spacial score (nSPS) is 10.9. The average molecular weight is 1140 g/mol. The van der Waals surface area contributed by atoms with E-state index in [0.717, 1.165) is 0 Å². The van der Waals surface area contributed by atoms with Gasteiger partial charge in [0.05, 0.1) is 18.7 Å². The Bertz CT molecular complexity index is 1270. The van der Waals surface area contributed by atoms with E-state index in [4.69, 9.17) is 46.7 Å². The summed E-state index contributed by atoms with van der Waals surface area (Å²) in [5.74, 6) is 0.105. The predicted octanol–water partition coefficient (Wildman–Crippen LogP) is 17.7. The summed E-state index contributed by atoms with van der Waals surface area (Å²) >= 11 is 0. The Kier molecular flexibility index (Phi) is 143. The van der Waals surface area contributed by atoms with Crippen LogP contribution in [0.4, 0.5) is 0 Å². The van der Waals surface area contributed by atoms with Gasteiger partial charge in [0.2, 0.25) is 11.8 Å². The third-order valence-corrected chi connectivity index (χ3v) is 6.65. The van der Waals surface area contributed by atoms with Gasteiger partial charge in [0.25, 0.3) is 0 Å². The Labute approximate surface area is 495 Å². The smallest absolute Gasteiger partial charge is 0.218 e. The van der Waals surface area contributed by atoms with E-state index in [2.05, 4.69) is 57.4 Å². The fraction of sp³-hybridized carbons (Fsp3) is 0.607. The number of rotatable bonds is 8. The van der Waals surface area contributed by atoms with Crippen LogP contribution in [0.15, 0.2) is 85.0 Å². The third kappa shape index (κ3) is 113. The molecule has 0 heterocycles. The molecule has 2 unspecified atom stereocenters. The number of aryl methyl sites for hydroxylation is 1. The van der Waals surface area contributed by atoms with E-state index in [1.165, 1.54) is 128 Å². The number of benzene rings is 2. The first-order valence-corrected chi connectivity index (χ1v) is 26.0. The summed E-state index contributed by atoms with van der Waals surface area (Å²) < 4.78 is 5.43. The molecule has 0 spiro atoms. The van der Waals surface area contributed by atoms with Crippen LogP contribution in [-0.4, -0.2) is 41.2 Å². The van der Waals surface area contributed by atoms with Crippen molar-refractivity contribution >= 4 is 11.8 Å². The minimum Gasteiger partial charge on any atom is -0.490 e. The second-order valence-electron chi connectivity index (χ2n) is 13.4. The van der Waals surface area contributed by atoms with E-state index in [-0.39, 0.29) is 90.4 Å². The number of carbonyl (C=O) groups excluding carboxylic acids is 2. The van der Waals surface area contributed by atoms with E-state index < -0.39 is 11.1 Å². The molecule has 2 aromatic carbocycles. The van der Waals surface area contributed by atoms with E-state index in [1.807, 2.05) is 126 Å². The molecule has 2 aromatic rings. The Morgan fingerprint density at radius 2 is 0.775 bits per heavy atom. The maximum atomic E-state index is 10.9. The van der Waals surface area contributed by atoms with Gasteiger partial charge in [-0.1, -0.05) is 242 Å². The second-order valence-corrected chi connectivity index (χ2v) is 13.4. The molecule has 0 aliphatic heterocycles. The molecule has 8 nitrogen and oxygen atoms in total. The van der Waals surface area contributed by atoms with E-state index in [1.54, 1.807) is 25.1 Å². The number of ether oxygens (including phenoxy) is 1. The summed E-state index contributed by atoms with van der Waals surface area (Å²) in [6.45, 7) is 59.0. The maximum Gasteiger partial charge on any atom is 0.218 e. The van der Waals surface area contributed by atoms with E-state index in [0.29, 0.717) is 5.75 Å².